The lowest BCUT2D eigenvalue weighted by Crippen LogP contribution is -2.37. The summed E-state index contributed by atoms with van der Waals surface area (Å²) in [6.45, 7) is 4.08. The van der Waals surface area contributed by atoms with E-state index in [0.717, 1.165) is 24.2 Å². The van der Waals surface area contributed by atoms with Crippen molar-refractivity contribution in [3.63, 3.8) is 0 Å². The van der Waals surface area contributed by atoms with Crippen LogP contribution in [-0.2, 0) is 14.4 Å². The van der Waals surface area contributed by atoms with E-state index in [4.69, 9.17) is 9.02 Å². The molecule has 2 aliphatic rings. The zero-order chi connectivity index (χ0) is 19.0. The van der Waals surface area contributed by atoms with Gasteiger partial charge in [0.1, 0.15) is 5.75 Å². The van der Waals surface area contributed by atoms with Gasteiger partial charge in [0.25, 0.3) is 0 Å². The van der Waals surface area contributed by atoms with Gasteiger partial charge in [0.15, 0.2) is 0 Å². The first-order valence-corrected chi connectivity index (χ1v) is 10.4. The van der Waals surface area contributed by atoms with Crippen molar-refractivity contribution in [2.24, 2.45) is 5.92 Å². The van der Waals surface area contributed by atoms with Crippen molar-refractivity contribution in [2.45, 2.75) is 24.3 Å². The Hall–Kier alpha value is -2.16. The number of anilines is 1. The molecule has 2 aliphatic heterocycles. The molecular formula is C19H23N3O4S. The van der Waals surface area contributed by atoms with E-state index in [0.29, 0.717) is 24.8 Å². The summed E-state index contributed by atoms with van der Waals surface area (Å²) >= 11 is 0. The number of hydrogen-bond acceptors (Lipinski definition) is 7. The molecule has 8 heteroatoms. The maximum atomic E-state index is 12.6. The molecule has 0 spiro atoms. The number of pyridine rings is 1. The third-order valence-corrected chi connectivity index (χ3v) is 6.54. The highest BCUT2D eigenvalue weighted by Gasteiger charge is 2.44. The minimum atomic E-state index is -3.82. The molecule has 0 unspecified atom stereocenters. The SMILES string of the molecule is COc1cncc(N2C[C@@H]3CCN(OS(=O)(=O)c4ccc(C)cc4)[C@@H]3C2)c1. The Morgan fingerprint density at radius 2 is 1.93 bits per heavy atom. The molecule has 1 aromatic heterocycles. The molecule has 0 saturated carbocycles. The second-order valence-corrected chi connectivity index (χ2v) is 8.62. The maximum Gasteiger partial charge on any atom is 0.313 e. The van der Waals surface area contributed by atoms with E-state index in [1.54, 1.807) is 48.8 Å². The molecular weight excluding hydrogens is 366 g/mol. The van der Waals surface area contributed by atoms with Crippen LogP contribution in [0.3, 0.4) is 0 Å². The molecule has 2 saturated heterocycles. The fourth-order valence-corrected chi connectivity index (χ4v) is 4.78. The monoisotopic (exact) mass is 389 g/mol. The van der Waals surface area contributed by atoms with E-state index in [-0.39, 0.29) is 10.9 Å². The Balaban J connectivity index is 1.48. The first kappa shape index (κ1) is 18.2. The van der Waals surface area contributed by atoms with Gasteiger partial charge in [-0.05, 0) is 31.4 Å². The fourth-order valence-electron chi connectivity index (χ4n) is 3.79. The quantitative estimate of drug-likeness (QED) is 0.776. The van der Waals surface area contributed by atoms with E-state index in [1.807, 2.05) is 13.0 Å². The number of fused-ring (bicyclic) bond motifs is 1. The number of nitrogens with zero attached hydrogens (tertiary/aromatic N) is 3. The molecule has 3 heterocycles. The van der Waals surface area contributed by atoms with Gasteiger partial charge < -0.3 is 9.64 Å². The average Bonchev–Trinajstić information content (AvgIpc) is 3.24. The number of hydrogen-bond donors (Lipinski definition) is 0. The molecule has 7 nitrogen and oxygen atoms in total. The Kier molecular flexibility index (Phi) is 4.79. The van der Waals surface area contributed by atoms with Crippen LogP contribution >= 0.6 is 0 Å². The van der Waals surface area contributed by atoms with Crippen LogP contribution in [0.4, 0.5) is 5.69 Å². The smallest absolute Gasteiger partial charge is 0.313 e. The van der Waals surface area contributed by atoms with Crippen molar-refractivity contribution in [2.75, 3.05) is 31.6 Å². The molecule has 27 heavy (non-hydrogen) atoms. The molecule has 2 aromatic rings. The van der Waals surface area contributed by atoms with Crippen LogP contribution in [0.15, 0.2) is 47.6 Å². The van der Waals surface area contributed by atoms with Crippen molar-refractivity contribution in [1.82, 2.24) is 10.0 Å². The molecule has 0 bridgehead atoms. The molecule has 144 valence electrons. The van der Waals surface area contributed by atoms with Gasteiger partial charge in [0, 0.05) is 25.7 Å². The third-order valence-electron chi connectivity index (χ3n) is 5.30. The van der Waals surface area contributed by atoms with Gasteiger partial charge >= 0.3 is 10.1 Å². The summed E-state index contributed by atoms with van der Waals surface area (Å²) in [7, 11) is -2.20. The van der Waals surface area contributed by atoms with E-state index in [2.05, 4.69) is 9.88 Å². The zero-order valence-electron chi connectivity index (χ0n) is 15.4. The summed E-state index contributed by atoms with van der Waals surface area (Å²) in [6, 6.07) is 8.70. The lowest BCUT2D eigenvalue weighted by atomic mass is 10.1. The van der Waals surface area contributed by atoms with Crippen molar-refractivity contribution in [1.29, 1.82) is 0 Å². The highest BCUT2D eigenvalue weighted by Crippen LogP contribution is 2.35. The van der Waals surface area contributed by atoms with Crippen LogP contribution in [0.25, 0.3) is 0 Å². The maximum absolute atomic E-state index is 12.6. The highest BCUT2D eigenvalue weighted by atomic mass is 32.2. The first-order chi connectivity index (χ1) is 13.0. The zero-order valence-corrected chi connectivity index (χ0v) is 16.2. The topological polar surface area (TPSA) is 72.0 Å². The Bertz CT molecular complexity index is 917. The van der Waals surface area contributed by atoms with Gasteiger partial charge in [-0.15, -0.1) is 0 Å². The van der Waals surface area contributed by atoms with Crippen LogP contribution in [0.5, 0.6) is 5.75 Å². The number of benzene rings is 1. The van der Waals surface area contributed by atoms with Crippen LogP contribution in [0.2, 0.25) is 0 Å². The van der Waals surface area contributed by atoms with Gasteiger partial charge in [-0.1, -0.05) is 17.7 Å². The first-order valence-electron chi connectivity index (χ1n) is 8.98. The van der Waals surface area contributed by atoms with E-state index < -0.39 is 10.1 Å². The second-order valence-electron chi connectivity index (χ2n) is 7.09. The summed E-state index contributed by atoms with van der Waals surface area (Å²) < 4.78 is 36.0. The predicted molar refractivity (Wildman–Crippen MR) is 101 cm³/mol. The van der Waals surface area contributed by atoms with Crippen LogP contribution in [0, 0.1) is 12.8 Å². The Labute approximate surface area is 159 Å². The molecule has 4 rings (SSSR count). The Morgan fingerprint density at radius 1 is 1.15 bits per heavy atom. The number of aryl methyl sites for hydroxylation is 1. The lowest BCUT2D eigenvalue weighted by molar-refractivity contribution is -0.0619. The van der Waals surface area contributed by atoms with Crippen LogP contribution in [-0.4, -0.2) is 51.3 Å². The van der Waals surface area contributed by atoms with Gasteiger partial charge in [0.2, 0.25) is 0 Å². The largest absolute Gasteiger partial charge is 0.495 e. The minimum Gasteiger partial charge on any atom is -0.495 e. The summed E-state index contributed by atoms with van der Waals surface area (Å²) in [4.78, 5) is 6.60. The predicted octanol–water partition coefficient (Wildman–Crippen LogP) is 2.23. The highest BCUT2D eigenvalue weighted by molar-refractivity contribution is 7.86. The van der Waals surface area contributed by atoms with Gasteiger partial charge in [0.05, 0.1) is 36.1 Å². The van der Waals surface area contributed by atoms with Crippen molar-refractivity contribution in [3.8, 4) is 5.75 Å². The number of rotatable bonds is 5. The molecule has 1 aromatic carbocycles. The summed E-state index contributed by atoms with van der Waals surface area (Å²) in [5, 5.41) is 1.63. The average molecular weight is 389 g/mol. The van der Waals surface area contributed by atoms with Gasteiger partial charge in [-0.2, -0.15) is 17.8 Å². The number of hydroxylamine groups is 2. The van der Waals surface area contributed by atoms with Crippen molar-refractivity contribution < 1.29 is 17.4 Å². The van der Waals surface area contributed by atoms with E-state index in [9.17, 15) is 8.42 Å². The van der Waals surface area contributed by atoms with Crippen LogP contribution in [0.1, 0.15) is 12.0 Å². The van der Waals surface area contributed by atoms with E-state index >= 15 is 0 Å². The number of methoxy groups -OCH3 is 1. The second kappa shape index (κ2) is 7.10. The normalized spacial score (nSPS) is 22.8. The lowest BCUT2D eigenvalue weighted by Gasteiger charge is -2.24. The number of aromatic nitrogens is 1. The molecule has 0 N–H and O–H groups in total. The molecule has 2 fully saturated rings. The van der Waals surface area contributed by atoms with E-state index in [1.165, 1.54) is 0 Å². The molecule has 2 atom stereocenters. The Morgan fingerprint density at radius 3 is 2.67 bits per heavy atom. The van der Waals surface area contributed by atoms with Crippen molar-refractivity contribution in [3.05, 3.63) is 48.3 Å². The molecule has 0 aliphatic carbocycles. The summed E-state index contributed by atoms with van der Waals surface area (Å²) in [5.74, 6) is 1.07. The summed E-state index contributed by atoms with van der Waals surface area (Å²) in [5.41, 5.74) is 1.98. The summed E-state index contributed by atoms with van der Waals surface area (Å²) in [6.07, 6.45) is 4.38. The van der Waals surface area contributed by atoms with Crippen molar-refractivity contribution >= 4 is 15.8 Å². The molecule has 0 radical (unpaired) electrons. The number of ether oxygens (including phenoxy) is 1. The van der Waals surface area contributed by atoms with Crippen LogP contribution < -0.4 is 9.64 Å². The molecule has 0 amide bonds. The third kappa shape index (κ3) is 3.65. The van der Waals surface area contributed by atoms with Gasteiger partial charge in [-0.25, -0.2) is 0 Å². The fraction of sp³-hybridized carbons (Fsp3) is 0.421. The van der Waals surface area contributed by atoms with Gasteiger partial charge in [-0.3, -0.25) is 4.98 Å². The standard InChI is InChI=1S/C19H23N3O4S/c1-14-3-5-18(6-4-14)27(23,24)26-22-8-7-15-12-21(13-19(15)22)16-9-17(25-2)11-20-10-16/h3-6,9-11,15,19H,7-8,12-13H2,1-2H3/t15-,19+/m0/s1. The minimum absolute atomic E-state index is 0.0384.